The van der Waals surface area contributed by atoms with Crippen molar-refractivity contribution >= 4 is 0 Å². The minimum Gasteiger partial charge on any atom is -0.348 e. The van der Waals surface area contributed by atoms with Gasteiger partial charge in [0.05, 0.1) is 13.2 Å². The standard InChI is InChI=1S/C13H22N2O2/c14-12-9-7-11(12)15(8-9)10-1-3-13(4-2-10)16-5-6-17-13/h9-12H,1-8,14H2. The second kappa shape index (κ2) is 3.67. The van der Waals surface area contributed by atoms with E-state index in [4.69, 9.17) is 15.2 Å². The minimum absolute atomic E-state index is 0.207. The number of ether oxygens (including phenoxy) is 2. The monoisotopic (exact) mass is 238 g/mol. The first-order chi connectivity index (χ1) is 8.27. The van der Waals surface area contributed by atoms with Gasteiger partial charge >= 0.3 is 0 Å². The average molecular weight is 238 g/mol. The van der Waals surface area contributed by atoms with E-state index in [1.54, 1.807) is 0 Å². The van der Waals surface area contributed by atoms with Crippen molar-refractivity contribution in [3.05, 3.63) is 0 Å². The molecule has 3 aliphatic heterocycles. The van der Waals surface area contributed by atoms with Crippen LogP contribution >= 0.6 is 0 Å². The van der Waals surface area contributed by atoms with Crippen LogP contribution in [0.2, 0.25) is 0 Å². The molecule has 0 aromatic rings. The van der Waals surface area contributed by atoms with Crippen LogP contribution in [0.1, 0.15) is 32.1 Å². The second-order valence-corrected chi connectivity index (χ2v) is 6.18. The first-order valence-corrected chi connectivity index (χ1v) is 7.07. The molecular weight excluding hydrogens is 216 g/mol. The molecule has 2 N–H and O–H groups in total. The van der Waals surface area contributed by atoms with Crippen LogP contribution in [0.3, 0.4) is 0 Å². The van der Waals surface area contributed by atoms with Crippen LogP contribution in [0.15, 0.2) is 0 Å². The number of rotatable bonds is 1. The van der Waals surface area contributed by atoms with E-state index in [-0.39, 0.29) is 5.79 Å². The van der Waals surface area contributed by atoms with Gasteiger partial charge in [-0.2, -0.15) is 0 Å². The van der Waals surface area contributed by atoms with Gasteiger partial charge in [-0.15, -0.1) is 0 Å². The number of hydrogen-bond acceptors (Lipinski definition) is 4. The van der Waals surface area contributed by atoms with E-state index >= 15 is 0 Å². The van der Waals surface area contributed by atoms with Gasteiger partial charge in [0.2, 0.25) is 0 Å². The van der Waals surface area contributed by atoms with Crippen LogP contribution in [0.5, 0.6) is 0 Å². The zero-order valence-electron chi connectivity index (χ0n) is 10.3. The summed E-state index contributed by atoms with van der Waals surface area (Å²) in [6.07, 6.45) is 5.92. The summed E-state index contributed by atoms with van der Waals surface area (Å²) in [5.74, 6) is 0.580. The Morgan fingerprint density at radius 3 is 2.35 bits per heavy atom. The van der Waals surface area contributed by atoms with Crippen LogP contribution in [0.25, 0.3) is 0 Å². The third-order valence-electron chi connectivity index (χ3n) is 5.40. The van der Waals surface area contributed by atoms with Crippen molar-refractivity contribution in [1.29, 1.82) is 0 Å². The van der Waals surface area contributed by atoms with Crippen molar-refractivity contribution in [2.24, 2.45) is 11.7 Å². The molecule has 0 amide bonds. The maximum absolute atomic E-state index is 6.15. The number of fused-ring (bicyclic) bond motifs is 1. The van der Waals surface area contributed by atoms with Crippen molar-refractivity contribution < 1.29 is 9.47 Å². The first-order valence-electron chi connectivity index (χ1n) is 7.07. The van der Waals surface area contributed by atoms with Gasteiger partial charge in [0.25, 0.3) is 0 Å². The largest absolute Gasteiger partial charge is 0.348 e. The van der Waals surface area contributed by atoms with E-state index in [0.29, 0.717) is 12.1 Å². The summed E-state index contributed by atoms with van der Waals surface area (Å²) >= 11 is 0. The first kappa shape index (κ1) is 10.7. The summed E-state index contributed by atoms with van der Waals surface area (Å²) in [4.78, 5) is 2.68. The van der Waals surface area contributed by atoms with Crippen LogP contribution in [0, 0.1) is 5.92 Å². The molecule has 5 rings (SSSR count). The molecule has 3 saturated heterocycles. The predicted molar refractivity (Wildman–Crippen MR) is 63.5 cm³/mol. The highest BCUT2D eigenvalue weighted by Gasteiger charge is 2.53. The van der Waals surface area contributed by atoms with Crippen molar-refractivity contribution in [2.45, 2.75) is 56.0 Å². The SMILES string of the molecule is NC1C2CC1N(C1CCC3(CC1)OCCO3)C2. The molecule has 0 aromatic heterocycles. The highest BCUT2D eigenvalue weighted by Crippen LogP contribution is 2.45. The summed E-state index contributed by atoms with van der Waals surface area (Å²) in [5.41, 5.74) is 6.15. The molecule has 0 radical (unpaired) electrons. The van der Waals surface area contributed by atoms with Gasteiger partial charge < -0.3 is 15.2 Å². The lowest BCUT2D eigenvalue weighted by molar-refractivity contribution is -0.184. The summed E-state index contributed by atoms with van der Waals surface area (Å²) in [7, 11) is 0. The lowest BCUT2D eigenvalue weighted by Crippen LogP contribution is -2.52. The molecule has 3 heterocycles. The maximum atomic E-state index is 6.15. The molecule has 3 unspecified atom stereocenters. The van der Waals surface area contributed by atoms with Crippen molar-refractivity contribution in [3.63, 3.8) is 0 Å². The maximum Gasteiger partial charge on any atom is 0.168 e. The molecule has 96 valence electrons. The molecule has 17 heavy (non-hydrogen) atoms. The molecule has 2 aliphatic carbocycles. The summed E-state index contributed by atoms with van der Waals surface area (Å²) in [6.45, 7) is 2.80. The van der Waals surface area contributed by atoms with Crippen LogP contribution in [-0.4, -0.2) is 48.6 Å². The lowest BCUT2D eigenvalue weighted by Gasteiger charge is -2.42. The van der Waals surface area contributed by atoms with E-state index < -0.39 is 0 Å². The number of nitrogens with zero attached hydrogens (tertiary/aromatic N) is 1. The Hall–Kier alpha value is -0.160. The Kier molecular flexibility index (Phi) is 2.32. The van der Waals surface area contributed by atoms with Crippen LogP contribution in [0.4, 0.5) is 0 Å². The summed E-state index contributed by atoms with van der Waals surface area (Å²) < 4.78 is 11.6. The number of nitrogens with two attached hydrogens (primary N) is 1. The third-order valence-corrected chi connectivity index (χ3v) is 5.40. The van der Waals surface area contributed by atoms with Crippen molar-refractivity contribution in [1.82, 2.24) is 4.90 Å². The normalized spacial score (nSPS) is 45.4. The van der Waals surface area contributed by atoms with Gasteiger partial charge in [0, 0.05) is 37.5 Å². The molecular formula is C13H22N2O2. The highest BCUT2D eigenvalue weighted by molar-refractivity contribution is 5.09. The molecule has 1 spiro atoms. The molecule has 5 aliphatic rings. The number of hydrogen-bond donors (Lipinski definition) is 1. The van der Waals surface area contributed by atoms with E-state index in [1.165, 1.54) is 25.8 Å². The van der Waals surface area contributed by atoms with Crippen molar-refractivity contribution in [2.75, 3.05) is 19.8 Å². The highest BCUT2D eigenvalue weighted by atomic mass is 16.7. The molecule has 3 atom stereocenters. The van der Waals surface area contributed by atoms with E-state index in [0.717, 1.165) is 38.0 Å². The Morgan fingerprint density at radius 2 is 1.82 bits per heavy atom. The molecule has 5 fully saturated rings. The Labute approximate surface area is 102 Å². The molecule has 2 saturated carbocycles. The smallest absolute Gasteiger partial charge is 0.168 e. The van der Waals surface area contributed by atoms with E-state index in [1.807, 2.05) is 0 Å². The van der Waals surface area contributed by atoms with Gasteiger partial charge in [-0.1, -0.05) is 0 Å². The van der Waals surface area contributed by atoms with Gasteiger partial charge in [0.1, 0.15) is 0 Å². The fraction of sp³-hybridized carbons (Fsp3) is 1.00. The third kappa shape index (κ3) is 1.51. The van der Waals surface area contributed by atoms with E-state index in [2.05, 4.69) is 4.90 Å². The fourth-order valence-electron chi connectivity index (χ4n) is 4.28. The second-order valence-electron chi connectivity index (χ2n) is 6.18. The minimum atomic E-state index is -0.207. The predicted octanol–water partition coefficient (Wildman–Crippen LogP) is 0.703. The van der Waals surface area contributed by atoms with Gasteiger partial charge in [0.15, 0.2) is 5.79 Å². The van der Waals surface area contributed by atoms with Crippen molar-refractivity contribution in [3.8, 4) is 0 Å². The Bertz CT molecular complexity index is 307. The molecule has 0 aromatic carbocycles. The molecule has 4 nitrogen and oxygen atoms in total. The van der Waals surface area contributed by atoms with Gasteiger partial charge in [-0.25, -0.2) is 0 Å². The van der Waals surface area contributed by atoms with Gasteiger partial charge in [-0.05, 0) is 25.2 Å². The van der Waals surface area contributed by atoms with E-state index in [9.17, 15) is 0 Å². The Balaban J connectivity index is 1.39. The van der Waals surface area contributed by atoms with Crippen LogP contribution in [-0.2, 0) is 9.47 Å². The quantitative estimate of drug-likeness (QED) is 0.730. The molecule has 4 heteroatoms. The van der Waals surface area contributed by atoms with Crippen LogP contribution < -0.4 is 5.73 Å². The average Bonchev–Trinajstić information content (AvgIpc) is 3.04. The Morgan fingerprint density at radius 1 is 1.12 bits per heavy atom. The summed E-state index contributed by atoms with van der Waals surface area (Å²) in [6, 6.07) is 1.88. The molecule has 2 bridgehead atoms. The van der Waals surface area contributed by atoms with Gasteiger partial charge in [-0.3, -0.25) is 4.90 Å². The fourth-order valence-corrected chi connectivity index (χ4v) is 4.28. The zero-order chi connectivity index (χ0) is 11.5. The topological polar surface area (TPSA) is 47.7 Å². The zero-order valence-corrected chi connectivity index (χ0v) is 10.3. The lowest BCUT2D eigenvalue weighted by atomic mass is 9.80. The summed E-state index contributed by atoms with van der Waals surface area (Å²) in [5, 5.41) is 0.